The third kappa shape index (κ3) is 5.34. The van der Waals surface area contributed by atoms with Crippen molar-refractivity contribution in [2.24, 2.45) is 0 Å². The number of Topliss-reactive ketones (excluding diaryl/α,β-unsaturated/α-hetero) is 1. The van der Waals surface area contributed by atoms with Crippen molar-refractivity contribution in [1.29, 1.82) is 0 Å². The molecule has 1 heterocycles. The van der Waals surface area contributed by atoms with Gasteiger partial charge in [0.25, 0.3) is 0 Å². The van der Waals surface area contributed by atoms with Gasteiger partial charge in [0.05, 0.1) is 19.6 Å². The average Bonchev–Trinajstić information content (AvgIpc) is 2.28. The Kier molecular flexibility index (Phi) is 6.22. The monoisotopic (exact) mass is 286 g/mol. The minimum Gasteiger partial charge on any atom is -0.383 e. The molecule has 0 atom stereocenters. The summed E-state index contributed by atoms with van der Waals surface area (Å²) >= 11 is 3.30. The molecule has 88 valence electrons. The fourth-order valence-electron chi connectivity index (χ4n) is 1.18. The average molecular weight is 287 g/mol. The molecule has 0 unspecified atom stereocenters. The van der Waals surface area contributed by atoms with Crippen molar-refractivity contribution in [3.63, 3.8) is 0 Å². The van der Waals surface area contributed by atoms with Crippen molar-refractivity contribution in [1.82, 2.24) is 10.3 Å². The number of nitrogens with one attached hydrogen (secondary N) is 1. The van der Waals surface area contributed by atoms with Gasteiger partial charge in [0.1, 0.15) is 0 Å². The highest BCUT2D eigenvalue weighted by Crippen LogP contribution is 2.07. The van der Waals surface area contributed by atoms with E-state index in [0.717, 1.165) is 10.2 Å². The van der Waals surface area contributed by atoms with Crippen LogP contribution in [0.25, 0.3) is 0 Å². The lowest BCUT2D eigenvalue weighted by atomic mass is 10.2. The standard InChI is InChI=1S/C11H15BrN2O2/c1-16-5-4-13-8-11(15)6-10-3-2-9(12)7-14-10/h2-3,7,13H,4-6,8H2,1H3. The number of ketones is 1. The summed E-state index contributed by atoms with van der Waals surface area (Å²) in [7, 11) is 1.63. The summed E-state index contributed by atoms with van der Waals surface area (Å²) in [4.78, 5) is 15.6. The van der Waals surface area contributed by atoms with Gasteiger partial charge in [-0.2, -0.15) is 0 Å². The van der Waals surface area contributed by atoms with Crippen LogP contribution in [0.5, 0.6) is 0 Å². The smallest absolute Gasteiger partial charge is 0.152 e. The van der Waals surface area contributed by atoms with E-state index in [2.05, 4.69) is 26.2 Å². The minimum absolute atomic E-state index is 0.130. The minimum atomic E-state index is 0.130. The Bertz CT molecular complexity index is 327. The number of carbonyl (C=O) groups excluding carboxylic acids is 1. The molecule has 0 saturated carbocycles. The van der Waals surface area contributed by atoms with E-state index in [1.165, 1.54) is 0 Å². The zero-order valence-electron chi connectivity index (χ0n) is 9.20. The van der Waals surface area contributed by atoms with Gasteiger partial charge in [-0.25, -0.2) is 0 Å². The summed E-state index contributed by atoms with van der Waals surface area (Å²) in [6.45, 7) is 1.67. The van der Waals surface area contributed by atoms with Crippen LogP contribution in [0.3, 0.4) is 0 Å². The van der Waals surface area contributed by atoms with E-state index in [0.29, 0.717) is 26.1 Å². The van der Waals surface area contributed by atoms with Crippen molar-refractivity contribution in [3.05, 3.63) is 28.5 Å². The molecule has 16 heavy (non-hydrogen) atoms. The molecule has 0 aliphatic heterocycles. The molecule has 0 radical (unpaired) electrons. The van der Waals surface area contributed by atoms with Gasteiger partial charge < -0.3 is 10.1 Å². The van der Waals surface area contributed by atoms with Gasteiger partial charge in [-0.15, -0.1) is 0 Å². The number of rotatable bonds is 7. The second-order valence-electron chi connectivity index (χ2n) is 3.35. The van der Waals surface area contributed by atoms with Gasteiger partial charge in [-0.05, 0) is 28.1 Å². The molecule has 0 aromatic carbocycles. The van der Waals surface area contributed by atoms with Crippen LogP contribution in [0.2, 0.25) is 0 Å². The molecule has 0 bridgehead atoms. The van der Waals surface area contributed by atoms with Crippen LogP contribution in [-0.4, -0.2) is 37.6 Å². The maximum atomic E-state index is 11.5. The quantitative estimate of drug-likeness (QED) is 0.765. The summed E-state index contributed by atoms with van der Waals surface area (Å²) in [5.74, 6) is 0.130. The molecular formula is C11H15BrN2O2. The van der Waals surface area contributed by atoms with E-state index in [-0.39, 0.29) is 5.78 Å². The highest BCUT2D eigenvalue weighted by Gasteiger charge is 2.03. The van der Waals surface area contributed by atoms with Gasteiger partial charge in [0, 0.05) is 30.0 Å². The van der Waals surface area contributed by atoms with Crippen LogP contribution in [-0.2, 0) is 16.0 Å². The second kappa shape index (κ2) is 7.49. The molecular weight excluding hydrogens is 272 g/mol. The molecule has 0 fully saturated rings. The van der Waals surface area contributed by atoms with E-state index < -0.39 is 0 Å². The Morgan fingerprint density at radius 3 is 3.00 bits per heavy atom. The van der Waals surface area contributed by atoms with Crippen molar-refractivity contribution in [3.8, 4) is 0 Å². The Morgan fingerprint density at radius 1 is 1.56 bits per heavy atom. The lowest BCUT2D eigenvalue weighted by Gasteiger charge is -2.03. The van der Waals surface area contributed by atoms with Crippen LogP contribution in [0, 0.1) is 0 Å². The third-order valence-electron chi connectivity index (χ3n) is 1.97. The number of hydrogen-bond acceptors (Lipinski definition) is 4. The number of carbonyl (C=O) groups is 1. The Hall–Kier alpha value is -0.780. The first-order chi connectivity index (χ1) is 7.72. The van der Waals surface area contributed by atoms with Crippen molar-refractivity contribution in [2.75, 3.05) is 26.8 Å². The Morgan fingerprint density at radius 2 is 2.38 bits per heavy atom. The highest BCUT2D eigenvalue weighted by atomic mass is 79.9. The maximum absolute atomic E-state index is 11.5. The number of methoxy groups -OCH3 is 1. The molecule has 0 spiro atoms. The van der Waals surface area contributed by atoms with Crippen LogP contribution < -0.4 is 5.32 Å². The van der Waals surface area contributed by atoms with Crippen LogP contribution >= 0.6 is 15.9 Å². The first-order valence-corrected chi connectivity index (χ1v) is 5.83. The number of aromatic nitrogens is 1. The lowest BCUT2D eigenvalue weighted by Crippen LogP contribution is -2.27. The fourth-order valence-corrected chi connectivity index (χ4v) is 1.41. The van der Waals surface area contributed by atoms with Crippen LogP contribution in [0.1, 0.15) is 5.69 Å². The SMILES string of the molecule is COCCNCC(=O)Cc1ccc(Br)cn1. The van der Waals surface area contributed by atoms with E-state index in [1.807, 2.05) is 12.1 Å². The van der Waals surface area contributed by atoms with Gasteiger partial charge in [-0.1, -0.05) is 0 Å². The summed E-state index contributed by atoms with van der Waals surface area (Å²) in [6.07, 6.45) is 2.06. The van der Waals surface area contributed by atoms with Gasteiger partial charge in [0.2, 0.25) is 0 Å². The summed E-state index contributed by atoms with van der Waals surface area (Å²) in [5, 5.41) is 3.01. The molecule has 0 amide bonds. The summed E-state index contributed by atoms with van der Waals surface area (Å²) in [6, 6.07) is 3.73. The number of halogens is 1. The van der Waals surface area contributed by atoms with Crippen LogP contribution in [0.15, 0.2) is 22.8 Å². The topological polar surface area (TPSA) is 51.2 Å². The molecule has 1 N–H and O–H groups in total. The molecule has 4 nitrogen and oxygen atoms in total. The van der Waals surface area contributed by atoms with Crippen molar-refractivity contribution >= 4 is 21.7 Å². The molecule has 5 heteroatoms. The third-order valence-corrected chi connectivity index (χ3v) is 2.44. The number of pyridine rings is 1. The highest BCUT2D eigenvalue weighted by molar-refractivity contribution is 9.10. The van der Waals surface area contributed by atoms with Gasteiger partial charge in [0.15, 0.2) is 5.78 Å². The van der Waals surface area contributed by atoms with E-state index in [4.69, 9.17) is 4.74 Å². The molecule has 1 aromatic rings. The summed E-state index contributed by atoms with van der Waals surface area (Å²) in [5.41, 5.74) is 0.793. The normalized spacial score (nSPS) is 10.4. The molecule has 0 aliphatic carbocycles. The van der Waals surface area contributed by atoms with Crippen molar-refractivity contribution in [2.45, 2.75) is 6.42 Å². The number of ether oxygens (including phenoxy) is 1. The lowest BCUT2D eigenvalue weighted by molar-refractivity contribution is -0.117. The van der Waals surface area contributed by atoms with E-state index in [9.17, 15) is 4.79 Å². The molecule has 0 aliphatic rings. The fraction of sp³-hybridized carbons (Fsp3) is 0.455. The summed E-state index contributed by atoms with van der Waals surface area (Å²) < 4.78 is 5.78. The Labute approximate surface area is 104 Å². The number of nitrogens with zero attached hydrogens (tertiary/aromatic N) is 1. The zero-order chi connectivity index (χ0) is 11.8. The predicted molar refractivity (Wildman–Crippen MR) is 65.4 cm³/mol. The van der Waals surface area contributed by atoms with E-state index in [1.54, 1.807) is 13.3 Å². The largest absolute Gasteiger partial charge is 0.383 e. The zero-order valence-corrected chi connectivity index (χ0v) is 10.8. The molecule has 1 rings (SSSR count). The number of hydrogen-bond donors (Lipinski definition) is 1. The van der Waals surface area contributed by atoms with Gasteiger partial charge >= 0.3 is 0 Å². The van der Waals surface area contributed by atoms with Crippen LogP contribution in [0.4, 0.5) is 0 Å². The second-order valence-corrected chi connectivity index (χ2v) is 4.27. The first-order valence-electron chi connectivity index (χ1n) is 5.04. The molecule has 1 aromatic heterocycles. The van der Waals surface area contributed by atoms with E-state index >= 15 is 0 Å². The predicted octanol–water partition coefficient (Wildman–Crippen LogP) is 1.19. The maximum Gasteiger partial charge on any atom is 0.152 e. The first kappa shape index (κ1) is 13.3. The molecule has 0 saturated heterocycles. The van der Waals surface area contributed by atoms with Gasteiger partial charge in [-0.3, -0.25) is 9.78 Å². The van der Waals surface area contributed by atoms with Crippen molar-refractivity contribution < 1.29 is 9.53 Å². The Balaban J connectivity index is 2.26.